The van der Waals surface area contributed by atoms with Crippen molar-refractivity contribution in [3.8, 4) is 5.88 Å². The van der Waals surface area contributed by atoms with Crippen LogP contribution in [0.25, 0.3) is 6.08 Å². The standard InChI is InChI=1S/C13H16N2O4S/c1-4-8-15-12(17)9(11(16)14-13(15)20)6-5-7-10(18-2)19-3/h4,6-7,10,17H,1,8H2,2-3H3,(H,14,16,20). The third-order valence-corrected chi connectivity index (χ3v) is 2.77. The van der Waals surface area contributed by atoms with Gasteiger partial charge < -0.3 is 14.6 Å². The molecular weight excluding hydrogens is 280 g/mol. The summed E-state index contributed by atoms with van der Waals surface area (Å²) in [6, 6.07) is 0. The number of ether oxygens (including phenoxy) is 2. The summed E-state index contributed by atoms with van der Waals surface area (Å²) in [7, 11) is 2.95. The van der Waals surface area contributed by atoms with E-state index in [0.717, 1.165) is 0 Å². The lowest BCUT2D eigenvalue weighted by atomic mass is 10.3. The molecule has 1 aromatic heterocycles. The monoisotopic (exact) mass is 296 g/mol. The maximum Gasteiger partial charge on any atom is 0.263 e. The van der Waals surface area contributed by atoms with Gasteiger partial charge in [-0.15, -0.1) is 12.3 Å². The van der Waals surface area contributed by atoms with Crippen molar-refractivity contribution >= 4 is 18.3 Å². The third kappa shape index (κ3) is 3.79. The average molecular weight is 296 g/mol. The summed E-state index contributed by atoms with van der Waals surface area (Å²) >= 11 is 4.96. The van der Waals surface area contributed by atoms with Crippen LogP contribution in [0.5, 0.6) is 5.88 Å². The molecule has 1 rings (SSSR count). The lowest BCUT2D eigenvalue weighted by Crippen LogP contribution is -2.16. The molecule has 20 heavy (non-hydrogen) atoms. The molecule has 0 aliphatic rings. The molecule has 0 aromatic carbocycles. The number of rotatable bonds is 6. The highest BCUT2D eigenvalue weighted by Crippen LogP contribution is 2.14. The Bertz CT molecular complexity index is 649. The van der Waals surface area contributed by atoms with E-state index in [0.29, 0.717) is 0 Å². The fourth-order valence-corrected chi connectivity index (χ4v) is 1.70. The fraction of sp³-hybridized carbons (Fsp3) is 0.308. The van der Waals surface area contributed by atoms with E-state index in [1.807, 2.05) is 0 Å². The number of nitrogens with zero attached hydrogens (tertiary/aromatic N) is 1. The van der Waals surface area contributed by atoms with Gasteiger partial charge in [0.25, 0.3) is 5.56 Å². The quantitative estimate of drug-likeness (QED) is 0.361. The van der Waals surface area contributed by atoms with Gasteiger partial charge >= 0.3 is 0 Å². The van der Waals surface area contributed by atoms with Crippen molar-refractivity contribution in [1.29, 1.82) is 0 Å². The summed E-state index contributed by atoms with van der Waals surface area (Å²) in [4.78, 5) is 14.2. The summed E-state index contributed by atoms with van der Waals surface area (Å²) in [5.41, 5.74) is 2.27. The molecule has 0 fully saturated rings. The van der Waals surface area contributed by atoms with Gasteiger partial charge in [0.05, 0.1) is 0 Å². The minimum Gasteiger partial charge on any atom is -0.494 e. The zero-order valence-electron chi connectivity index (χ0n) is 11.3. The van der Waals surface area contributed by atoms with E-state index >= 15 is 0 Å². The second-order valence-electron chi connectivity index (χ2n) is 3.71. The maximum absolute atomic E-state index is 11.8. The van der Waals surface area contributed by atoms with Gasteiger partial charge in [-0.05, 0) is 18.3 Å². The van der Waals surface area contributed by atoms with Gasteiger partial charge in [-0.25, -0.2) is 0 Å². The normalized spacial score (nSPS) is 10.2. The molecule has 0 amide bonds. The number of nitrogens with one attached hydrogen (secondary N) is 1. The maximum atomic E-state index is 11.8. The highest BCUT2D eigenvalue weighted by Gasteiger charge is 2.08. The molecule has 0 bridgehead atoms. The van der Waals surface area contributed by atoms with Crippen LogP contribution in [0.2, 0.25) is 0 Å². The summed E-state index contributed by atoms with van der Waals surface area (Å²) in [6.45, 7) is 3.84. The topological polar surface area (TPSA) is 76.5 Å². The number of H-pyrrole nitrogens is 1. The molecule has 1 heterocycles. The predicted octanol–water partition coefficient (Wildman–Crippen LogP) is 1.58. The number of aromatic amines is 1. The van der Waals surface area contributed by atoms with Crippen molar-refractivity contribution in [2.24, 2.45) is 0 Å². The highest BCUT2D eigenvalue weighted by atomic mass is 32.1. The second kappa shape index (κ2) is 7.62. The van der Waals surface area contributed by atoms with Gasteiger partial charge in [-0.1, -0.05) is 6.08 Å². The number of aromatic nitrogens is 2. The third-order valence-electron chi connectivity index (χ3n) is 2.44. The van der Waals surface area contributed by atoms with Gasteiger partial charge in [-0.2, -0.15) is 0 Å². The second-order valence-corrected chi connectivity index (χ2v) is 4.10. The summed E-state index contributed by atoms with van der Waals surface area (Å²) in [6.07, 6.45) is 3.78. The van der Waals surface area contributed by atoms with E-state index in [-0.39, 0.29) is 22.8 Å². The van der Waals surface area contributed by atoms with Crippen LogP contribution in [-0.4, -0.2) is 35.2 Å². The lowest BCUT2D eigenvalue weighted by Gasteiger charge is -2.08. The Kier molecular flexibility index (Phi) is 6.14. The van der Waals surface area contributed by atoms with Gasteiger partial charge in [0.2, 0.25) is 5.88 Å². The van der Waals surface area contributed by atoms with Crippen LogP contribution in [0.1, 0.15) is 5.56 Å². The molecule has 0 aliphatic carbocycles. The van der Waals surface area contributed by atoms with Crippen LogP contribution >= 0.6 is 12.2 Å². The average Bonchev–Trinajstić information content (AvgIpc) is 2.42. The molecule has 0 saturated heterocycles. The van der Waals surface area contributed by atoms with E-state index in [1.165, 1.54) is 30.9 Å². The van der Waals surface area contributed by atoms with Gasteiger partial charge in [-0.3, -0.25) is 14.3 Å². The zero-order chi connectivity index (χ0) is 15.1. The van der Waals surface area contributed by atoms with Crippen LogP contribution in [-0.2, 0) is 16.0 Å². The molecule has 0 unspecified atom stereocenters. The van der Waals surface area contributed by atoms with E-state index in [1.54, 1.807) is 6.08 Å². The molecule has 0 atom stereocenters. The predicted molar refractivity (Wildman–Crippen MR) is 78.1 cm³/mol. The first-order valence-corrected chi connectivity index (χ1v) is 6.11. The van der Waals surface area contributed by atoms with Gasteiger partial charge in [0.1, 0.15) is 5.56 Å². The first-order chi connectivity index (χ1) is 9.54. The Morgan fingerprint density at radius 1 is 1.55 bits per heavy atom. The Morgan fingerprint density at radius 3 is 2.75 bits per heavy atom. The van der Waals surface area contributed by atoms with Crippen LogP contribution in [0.3, 0.4) is 0 Å². The molecule has 0 spiro atoms. The molecule has 0 aliphatic heterocycles. The number of hydrogen-bond donors (Lipinski definition) is 2. The molecular formula is C13H16N2O4S. The highest BCUT2D eigenvalue weighted by molar-refractivity contribution is 7.71. The zero-order valence-corrected chi connectivity index (χ0v) is 12.1. The molecule has 108 valence electrons. The summed E-state index contributed by atoms with van der Waals surface area (Å²) in [5.74, 6) is -0.245. The van der Waals surface area contributed by atoms with Crippen molar-refractivity contribution in [3.63, 3.8) is 0 Å². The molecule has 1 aromatic rings. The van der Waals surface area contributed by atoms with Crippen molar-refractivity contribution in [2.45, 2.75) is 12.8 Å². The number of hydrogen-bond acceptors (Lipinski definition) is 5. The smallest absolute Gasteiger partial charge is 0.263 e. The van der Waals surface area contributed by atoms with Crippen LogP contribution in [0.4, 0.5) is 0 Å². The van der Waals surface area contributed by atoms with Crippen LogP contribution < -0.4 is 5.56 Å². The molecule has 2 N–H and O–H groups in total. The Morgan fingerprint density at radius 2 is 2.20 bits per heavy atom. The van der Waals surface area contributed by atoms with Gasteiger partial charge in [0, 0.05) is 26.8 Å². The van der Waals surface area contributed by atoms with Crippen LogP contribution in [0.15, 0.2) is 29.3 Å². The Hall–Kier alpha value is -1.92. The first-order valence-electron chi connectivity index (χ1n) is 5.70. The molecule has 0 radical (unpaired) electrons. The largest absolute Gasteiger partial charge is 0.494 e. The van der Waals surface area contributed by atoms with Crippen molar-refractivity contribution in [3.05, 3.63) is 45.2 Å². The minimum absolute atomic E-state index is 0.0441. The summed E-state index contributed by atoms with van der Waals surface area (Å²) < 4.78 is 11.3. The van der Waals surface area contributed by atoms with E-state index in [9.17, 15) is 9.90 Å². The van der Waals surface area contributed by atoms with E-state index < -0.39 is 11.8 Å². The van der Waals surface area contributed by atoms with Crippen molar-refractivity contribution in [2.75, 3.05) is 14.2 Å². The Balaban J connectivity index is 3.29. The SMILES string of the molecule is C=CCn1c(O)c(C=C=CC(OC)OC)c(=O)[nH]c1=S. The van der Waals surface area contributed by atoms with E-state index in [2.05, 4.69) is 17.3 Å². The first kappa shape index (κ1) is 16.1. The minimum atomic E-state index is -0.578. The Labute approximate surface area is 121 Å². The summed E-state index contributed by atoms with van der Waals surface area (Å²) in [5, 5.41) is 10.0. The molecule has 7 heteroatoms. The van der Waals surface area contributed by atoms with Gasteiger partial charge in [0.15, 0.2) is 11.1 Å². The number of aromatic hydroxyl groups is 1. The number of methoxy groups -OCH3 is 2. The van der Waals surface area contributed by atoms with Crippen molar-refractivity contribution < 1.29 is 14.6 Å². The van der Waals surface area contributed by atoms with Crippen LogP contribution in [0, 0.1) is 4.77 Å². The van der Waals surface area contributed by atoms with E-state index in [4.69, 9.17) is 21.7 Å². The van der Waals surface area contributed by atoms with Crippen molar-refractivity contribution in [1.82, 2.24) is 9.55 Å². The molecule has 6 nitrogen and oxygen atoms in total. The molecule has 0 saturated carbocycles. The number of allylic oxidation sites excluding steroid dienone is 1. The fourth-order valence-electron chi connectivity index (χ4n) is 1.45. The lowest BCUT2D eigenvalue weighted by molar-refractivity contribution is -0.0664.